The Balaban J connectivity index is 2.36. The van der Waals surface area contributed by atoms with Crippen LogP contribution in [0.3, 0.4) is 0 Å². The molecule has 1 aliphatic rings. The summed E-state index contributed by atoms with van der Waals surface area (Å²) in [7, 11) is 0. The van der Waals surface area contributed by atoms with Crippen LogP contribution in [-0.4, -0.2) is 42.4 Å². The Kier molecular flexibility index (Phi) is 3.00. The van der Waals surface area contributed by atoms with E-state index in [-0.39, 0.29) is 5.69 Å². The van der Waals surface area contributed by atoms with Crippen molar-refractivity contribution >= 4 is 11.7 Å². The predicted molar refractivity (Wildman–Crippen MR) is 54.2 cm³/mol. The van der Waals surface area contributed by atoms with Gasteiger partial charge in [-0.25, -0.2) is 14.2 Å². The van der Waals surface area contributed by atoms with Gasteiger partial charge in [0.15, 0.2) is 5.69 Å². The lowest BCUT2D eigenvalue weighted by Gasteiger charge is -2.29. The molecule has 1 aliphatic heterocycles. The minimum atomic E-state index is -1.15. The van der Waals surface area contributed by atoms with Crippen LogP contribution in [0.15, 0.2) is 12.3 Å². The molecule has 6 heteroatoms. The molecule has 0 aliphatic carbocycles. The van der Waals surface area contributed by atoms with Crippen molar-refractivity contribution in [3.8, 4) is 0 Å². The van der Waals surface area contributed by atoms with Crippen molar-refractivity contribution in [1.29, 1.82) is 0 Å². The Morgan fingerprint density at radius 1 is 1.50 bits per heavy atom. The summed E-state index contributed by atoms with van der Waals surface area (Å²) in [6.45, 7) is 2.11. The van der Waals surface area contributed by atoms with E-state index in [4.69, 9.17) is 9.84 Å². The van der Waals surface area contributed by atoms with Crippen molar-refractivity contribution in [3.63, 3.8) is 0 Å². The predicted octanol–water partition coefficient (Wildman–Crippen LogP) is 0.756. The summed E-state index contributed by atoms with van der Waals surface area (Å²) < 4.78 is 18.2. The Morgan fingerprint density at radius 2 is 2.19 bits per heavy atom. The molecule has 5 nitrogen and oxygen atoms in total. The SMILES string of the molecule is O=C(O)c1ncc(F)cc1N1CCOCC1. The largest absolute Gasteiger partial charge is 0.476 e. The topological polar surface area (TPSA) is 62.7 Å². The van der Waals surface area contributed by atoms with Crippen molar-refractivity contribution in [3.05, 3.63) is 23.8 Å². The fraction of sp³-hybridized carbons (Fsp3) is 0.400. The Hall–Kier alpha value is -1.69. The summed E-state index contributed by atoms with van der Waals surface area (Å²) in [5, 5.41) is 8.94. The monoisotopic (exact) mass is 226 g/mol. The molecule has 16 heavy (non-hydrogen) atoms. The maximum Gasteiger partial charge on any atom is 0.356 e. The number of carboxylic acid groups (broad SMARTS) is 1. The van der Waals surface area contributed by atoms with E-state index in [0.29, 0.717) is 32.0 Å². The number of ether oxygens (including phenoxy) is 1. The fourth-order valence-electron chi connectivity index (χ4n) is 1.64. The molecule has 1 aromatic rings. The van der Waals surface area contributed by atoms with Gasteiger partial charge in [0, 0.05) is 19.2 Å². The molecule has 0 aromatic carbocycles. The second-order valence-corrected chi connectivity index (χ2v) is 3.43. The third kappa shape index (κ3) is 2.11. The number of carboxylic acids is 1. The molecule has 0 amide bonds. The Morgan fingerprint density at radius 3 is 2.81 bits per heavy atom. The smallest absolute Gasteiger partial charge is 0.356 e. The molecule has 1 saturated heterocycles. The first-order valence-electron chi connectivity index (χ1n) is 4.90. The lowest BCUT2D eigenvalue weighted by Crippen LogP contribution is -2.37. The van der Waals surface area contributed by atoms with E-state index in [1.54, 1.807) is 4.90 Å². The maximum absolute atomic E-state index is 13.1. The van der Waals surface area contributed by atoms with E-state index in [1.165, 1.54) is 6.07 Å². The zero-order valence-electron chi connectivity index (χ0n) is 8.52. The number of anilines is 1. The van der Waals surface area contributed by atoms with Gasteiger partial charge in [0.05, 0.1) is 25.1 Å². The number of halogens is 1. The summed E-state index contributed by atoms with van der Waals surface area (Å²) in [6, 6.07) is 1.20. The number of pyridine rings is 1. The second-order valence-electron chi connectivity index (χ2n) is 3.43. The van der Waals surface area contributed by atoms with E-state index >= 15 is 0 Å². The van der Waals surface area contributed by atoms with Crippen molar-refractivity contribution in [2.45, 2.75) is 0 Å². The fourth-order valence-corrected chi connectivity index (χ4v) is 1.64. The number of hydrogen-bond donors (Lipinski definition) is 1. The molecule has 0 radical (unpaired) electrons. The van der Waals surface area contributed by atoms with Crippen molar-refractivity contribution in [2.24, 2.45) is 0 Å². The molecular formula is C10H11FN2O3. The Labute approximate surface area is 91.5 Å². The van der Waals surface area contributed by atoms with Crippen LogP contribution >= 0.6 is 0 Å². The molecule has 2 rings (SSSR count). The lowest BCUT2D eigenvalue weighted by atomic mass is 10.2. The highest BCUT2D eigenvalue weighted by molar-refractivity contribution is 5.92. The molecule has 86 valence electrons. The number of aromatic carboxylic acids is 1. The van der Waals surface area contributed by atoms with E-state index in [0.717, 1.165) is 6.20 Å². The molecule has 0 atom stereocenters. The first-order valence-corrected chi connectivity index (χ1v) is 4.90. The molecule has 0 unspecified atom stereocenters. The number of hydrogen-bond acceptors (Lipinski definition) is 4. The van der Waals surface area contributed by atoms with Crippen LogP contribution in [0, 0.1) is 5.82 Å². The van der Waals surface area contributed by atoms with Gasteiger partial charge in [-0.3, -0.25) is 0 Å². The molecule has 0 spiro atoms. The van der Waals surface area contributed by atoms with Crippen molar-refractivity contribution in [2.75, 3.05) is 31.2 Å². The molecule has 1 aromatic heterocycles. The third-order valence-electron chi connectivity index (χ3n) is 2.39. The van der Waals surface area contributed by atoms with E-state index in [1.807, 2.05) is 0 Å². The van der Waals surface area contributed by atoms with Gasteiger partial charge in [0.2, 0.25) is 0 Å². The van der Waals surface area contributed by atoms with Crippen LogP contribution in [0.5, 0.6) is 0 Å². The summed E-state index contributed by atoms with van der Waals surface area (Å²) >= 11 is 0. The van der Waals surface area contributed by atoms with E-state index in [2.05, 4.69) is 4.98 Å². The number of morpholine rings is 1. The number of carbonyl (C=O) groups is 1. The summed E-state index contributed by atoms with van der Waals surface area (Å²) in [5.41, 5.74) is 0.194. The zero-order valence-corrected chi connectivity index (χ0v) is 8.52. The highest BCUT2D eigenvalue weighted by Gasteiger charge is 2.20. The minimum Gasteiger partial charge on any atom is -0.476 e. The van der Waals surface area contributed by atoms with Crippen LogP contribution < -0.4 is 4.90 Å². The van der Waals surface area contributed by atoms with Gasteiger partial charge < -0.3 is 14.7 Å². The number of aromatic nitrogens is 1. The average Bonchev–Trinajstić information content (AvgIpc) is 2.29. The standard InChI is InChI=1S/C10H11FN2O3/c11-7-5-8(9(10(14)15)12-6-7)13-1-3-16-4-2-13/h5-6H,1-4H2,(H,14,15). The number of rotatable bonds is 2. The van der Waals surface area contributed by atoms with Crippen molar-refractivity contribution in [1.82, 2.24) is 4.98 Å². The van der Waals surface area contributed by atoms with Crippen molar-refractivity contribution < 1.29 is 19.0 Å². The van der Waals surface area contributed by atoms with Crippen LogP contribution in [-0.2, 0) is 4.74 Å². The van der Waals surface area contributed by atoms with Gasteiger partial charge in [0.1, 0.15) is 5.82 Å². The second kappa shape index (κ2) is 4.44. The molecule has 0 bridgehead atoms. The normalized spacial score (nSPS) is 16.2. The summed E-state index contributed by atoms with van der Waals surface area (Å²) in [4.78, 5) is 16.3. The first-order chi connectivity index (χ1) is 7.68. The first kappa shape index (κ1) is 10.8. The van der Waals surface area contributed by atoms with Crippen LogP contribution in [0.4, 0.5) is 10.1 Å². The highest BCUT2D eigenvalue weighted by Crippen LogP contribution is 2.20. The average molecular weight is 226 g/mol. The van der Waals surface area contributed by atoms with Gasteiger partial charge in [-0.15, -0.1) is 0 Å². The number of nitrogens with zero attached hydrogens (tertiary/aromatic N) is 2. The quantitative estimate of drug-likeness (QED) is 0.806. The minimum absolute atomic E-state index is 0.122. The lowest BCUT2D eigenvalue weighted by molar-refractivity contribution is 0.0690. The molecular weight excluding hydrogens is 215 g/mol. The van der Waals surface area contributed by atoms with E-state index in [9.17, 15) is 9.18 Å². The van der Waals surface area contributed by atoms with Crippen LogP contribution in [0.1, 0.15) is 10.5 Å². The molecule has 0 saturated carbocycles. The highest BCUT2D eigenvalue weighted by atomic mass is 19.1. The van der Waals surface area contributed by atoms with Gasteiger partial charge >= 0.3 is 5.97 Å². The Bertz CT molecular complexity index is 405. The van der Waals surface area contributed by atoms with Crippen LogP contribution in [0.2, 0.25) is 0 Å². The summed E-state index contributed by atoms with van der Waals surface area (Å²) in [6.07, 6.45) is 0.910. The summed E-state index contributed by atoms with van der Waals surface area (Å²) in [5.74, 6) is -1.69. The van der Waals surface area contributed by atoms with E-state index < -0.39 is 11.8 Å². The molecule has 1 N–H and O–H groups in total. The third-order valence-corrected chi connectivity index (χ3v) is 2.39. The van der Waals surface area contributed by atoms with Gasteiger partial charge in [0.25, 0.3) is 0 Å². The maximum atomic E-state index is 13.1. The van der Waals surface area contributed by atoms with Gasteiger partial charge in [-0.05, 0) is 0 Å². The van der Waals surface area contributed by atoms with Gasteiger partial charge in [-0.1, -0.05) is 0 Å². The molecule has 2 heterocycles. The molecule has 1 fully saturated rings. The zero-order chi connectivity index (χ0) is 11.5. The van der Waals surface area contributed by atoms with Gasteiger partial charge in [-0.2, -0.15) is 0 Å². The van der Waals surface area contributed by atoms with Crippen LogP contribution in [0.25, 0.3) is 0 Å².